The number of ketones is 1. The summed E-state index contributed by atoms with van der Waals surface area (Å²) in [7, 11) is 0. The number of ether oxygens (including phenoxy) is 1. The summed E-state index contributed by atoms with van der Waals surface area (Å²) in [5.74, 6) is -0.0330. The zero-order chi connectivity index (χ0) is 18.6. The molecule has 5 heteroatoms. The summed E-state index contributed by atoms with van der Waals surface area (Å²) in [6, 6.07) is 13.5. The van der Waals surface area contributed by atoms with Crippen molar-refractivity contribution in [3.8, 4) is 0 Å². The summed E-state index contributed by atoms with van der Waals surface area (Å²) in [5.41, 5.74) is 2.84. The van der Waals surface area contributed by atoms with Crippen molar-refractivity contribution in [2.24, 2.45) is 0 Å². The van der Waals surface area contributed by atoms with E-state index in [-0.39, 0.29) is 11.8 Å². The van der Waals surface area contributed by atoms with E-state index in [4.69, 9.17) is 4.74 Å². The van der Waals surface area contributed by atoms with Crippen LogP contribution in [0, 0.1) is 0 Å². The van der Waals surface area contributed by atoms with Crippen molar-refractivity contribution in [2.75, 3.05) is 13.2 Å². The minimum atomic E-state index is -0.188. The number of hydrogen-bond acceptors (Lipinski definition) is 5. The lowest BCUT2D eigenvalue weighted by molar-refractivity contribution is -0.142. The normalized spacial score (nSPS) is 10.5. The van der Waals surface area contributed by atoms with E-state index >= 15 is 0 Å². The molecule has 1 aromatic heterocycles. The minimum Gasteiger partial charge on any atom is -0.466 e. The van der Waals surface area contributed by atoms with E-state index in [9.17, 15) is 9.59 Å². The molecular weight excluding hydrogens is 328 g/mol. The lowest BCUT2D eigenvalue weighted by Crippen LogP contribution is -2.19. The fourth-order valence-electron chi connectivity index (χ4n) is 2.59. The maximum Gasteiger partial charge on any atom is 0.307 e. The molecule has 138 valence electrons. The van der Waals surface area contributed by atoms with Gasteiger partial charge in [-0.1, -0.05) is 30.3 Å². The van der Waals surface area contributed by atoms with Gasteiger partial charge in [-0.25, -0.2) is 0 Å². The first-order valence-corrected chi connectivity index (χ1v) is 9.07. The van der Waals surface area contributed by atoms with E-state index in [1.165, 1.54) is 0 Å². The SMILES string of the molecule is CCOC(=O)CCNCc1ccc(C(=O)CCCc2ccccn2)cc1. The maximum atomic E-state index is 12.3. The van der Waals surface area contributed by atoms with Gasteiger partial charge in [0.15, 0.2) is 5.78 Å². The first kappa shape index (κ1) is 19.8. The number of hydrogen-bond donors (Lipinski definition) is 1. The summed E-state index contributed by atoms with van der Waals surface area (Å²) < 4.78 is 4.88. The molecule has 1 N–H and O–H groups in total. The average molecular weight is 354 g/mol. The van der Waals surface area contributed by atoms with Gasteiger partial charge in [-0.2, -0.15) is 0 Å². The molecular formula is C21H26N2O3. The summed E-state index contributed by atoms with van der Waals surface area (Å²) in [6.45, 7) is 3.45. The van der Waals surface area contributed by atoms with Crippen molar-refractivity contribution < 1.29 is 14.3 Å². The number of carbonyl (C=O) groups excluding carboxylic acids is 2. The van der Waals surface area contributed by atoms with E-state index < -0.39 is 0 Å². The van der Waals surface area contributed by atoms with E-state index in [1.807, 2.05) is 42.5 Å². The first-order chi connectivity index (χ1) is 12.7. The topological polar surface area (TPSA) is 68.3 Å². The number of nitrogens with one attached hydrogen (secondary N) is 1. The van der Waals surface area contributed by atoms with Crippen LogP contribution < -0.4 is 5.32 Å². The fraction of sp³-hybridized carbons (Fsp3) is 0.381. The number of aryl methyl sites for hydroxylation is 1. The van der Waals surface area contributed by atoms with Crippen molar-refractivity contribution >= 4 is 11.8 Å². The van der Waals surface area contributed by atoms with Gasteiger partial charge in [0.1, 0.15) is 0 Å². The molecule has 0 atom stereocenters. The molecule has 0 fully saturated rings. The molecule has 0 spiro atoms. The fourth-order valence-corrected chi connectivity index (χ4v) is 2.59. The predicted molar refractivity (Wildman–Crippen MR) is 101 cm³/mol. The van der Waals surface area contributed by atoms with Crippen molar-refractivity contribution in [3.05, 3.63) is 65.5 Å². The van der Waals surface area contributed by atoms with Gasteiger partial charge in [-0.3, -0.25) is 14.6 Å². The Labute approximate surface area is 154 Å². The Morgan fingerprint density at radius 2 is 1.88 bits per heavy atom. The Hall–Kier alpha value is -2.53. The molecule has 0 bridgehead atoms. The number of esters is 1. The Morgan fingerprint density at radius 3 is 2.58 bits per heavy atom. The Bertz CT molecular complexity index is 684. The second kappa shape index (κ2) is 11.2. The second-order valence-electron chi connectivity index (χ2n) is 6.03. The van der Waals surface area contributed by atoms with Crippen LogP contribution in [0.5, 0.6) is 0 Å². The lowest BCUT2D eigenvalue weighted by Gasteiger charge is -2.06. The highest BCUT2D eigenvalue weighted by Crippen LogP contribution is 2.10. The van der Waals surface area contributed by atoms with Gasteiger partial charge in [0.2, 0.25) is 0 Å². The molecule has 0 amide bonds. The zero-order valence-corrected chi connectivity index (χ0v) is 15.2. The third kappa shape index (κ3) is 7.15. The van der Waals surface area contributed by atoms with Crippen LogP contribution in [-0.2, 0) is 22.5 Å². The highest BCUT2D eigenvalue weighted by atomic mass is 16.5. The molecule has 5 nitrogen and oxygen atoms in total. The molecule has 2 aromatic rings. The molecule has 0 aliphatic rings. The molecule has 1 heterocycles. The van der Waals surface area contributed by atoms with Gasteiger partial charge in [0.25, 0.3) is 0 Å². The molecule has 0 unspecified atom stereocenters. The van der Waals surface area contributed by atoms with Crippen LogP contribution in [0.15, 0.2) is 48.7 Å². The van der Waals surface area contributed by atoms with E-state index in [2.05, 4.69) is 10.3 Å². The van der Waals surface area contributed by atoms with Crippen LogP contribution in [0.25, 0.3) is 0 Å². The van der Waals surface area contributed by atoms with Crippen molar-refractivity contribution in [1.82, 2.24) is 10.3 Å². The first-order valence-electron chi connectivity index (χ1n) is 9.07. The Morgan fingerprint density at radius 1 is 1.08 bits per heavy atom. The standard InChI is InChI=1S/C21H26N2O3/c1-2-26-21(25)13-15-22-16-17-9-11-18(12-10-17)20(24)8-5-7-19-6-3-4-14-23-19/h3-4,6,9-12,14,22H,2,5,7-8,13,15-16H2,1H3. The zero-order valence-electron chi connectivity index (χ0n) is 15.2. The number of nitrogens with zero attached hydrogens (tertiary/aromatic N) is 1. The van der Waals surface area contributed by atoms with Gasteiger partial charge in [-0.05, 0) is 37.5 Å². The third-order valence-electron chi connectivity index (χ3n) is 3.98. The number of benzene rings is 1. The van der Waals surface area contributed by atoms with Crippen molar-refractivity contribution in [2.45, 2.75) is 39.2 Å². The summed E-state index contributed by atoms with van der Waals surface area (Å²) >= 11 is 0. The number of aromatic nitrogens is 1. The number of pyridine rings is 1. The van der Waals surface area contributed by atoms with Crippen LogP contribution in [0.3, 0.4) is 0 Å². The van der Waals surface area contributed by atoms with Crippen LogP contribution >= 0.6 is 0 Å². The number of Topliss-reactive ketones (excluding diaryl/α,β-unsaturated/α-hetero) is 1. The molecule has 1 aromatic carbocycles. The van der Waals surface area contributed by atoms with Crippen molar-refractivity contribution in [3.63, 3.8) is 0 Å². The van der Waals surface area contributed by atoms with Gasteiger partial charge >= 0.3 is 5.97 Å². The van der Waals surface area contributed by atoms with E-state index in [0.29, 0.717) is 32.5 Å². The second-order valence-corrected chi connectivity index (χ2v) is 6.03. The van der Waals surface area contributed by atoms with E-state index in [0.717, 1.165) is 29.7 Å². The molecule has 0 aliphatic heterocycles. The average Bonchev–Trinajstić information content (AvgIpc) is 2.67. The lowest BCUT2D eigenvalue weighted by atomic mass is 10.0. The molecule has 2 rings (SSSR count). The van der Waals surface area contributed by atoms with Crippen molar-refractivity contribution in [1.29, 1.82) is 0 Å². The summed E-state index contributed by atoms with van der Waals surface area (Å²) in [6.07, 6.45) is 4.27. The highest BCUT2D eigenvalue weighted by Gasteiger charge is 2.06. The number of carbonyl (C=O) groups is 2. The third-order valence-corrected chi connectivity index (χ3v) is 3.98. The van der Waals surface area contributed by atoms with Gasteiger partial charge in [0, 0.05) is 37.0 Å². The van der Waals surface area contributed by atoms with E-state index in [1.54, 1.807) is 13.1 Å². The monoisotopic (exact) mass is 354 g/mol. The van der Waals surface area contributed by atoms with Gasteiger partial charge in [-0.15, -0.1) is 0 Å². The molecule has 26 heavy (non-hydrogen) atoms. The van der Waals surface area contributed by atoms with Gasteiger partial charge in [0.05, 0.1) is 13.0 Å². The largest absolute Gasteiger partial charge is 0.466 e. The smallest absolute Gasteiger partial charge is 0.307 e. The number of rotatable bonds is 11. The Balaban J connectivity index is 1.69. The highest BCUT2D eigenvalue weighted by molar-refractivity contribution is 5.96. The quantitative estimate of drug-likeness (QED) is 0.381. The predicted octanol–water partition coefficient (Wildman–Crippen LogP) is 3.33. The summed E-state index contributed by atoms with van der Waals surface area (Å²) in [4.78, 5) is 27.8. The summed E-state index contributed by atoms with van der Waals surface area (Å²) in [5, 5.41) is 3.20. The van der Waals surface area contributed by atoms with Crippen LogP contribution in [-0.4, -0.2) is 29.9 Å². The molecule has 0 radical (unpaired) electrons. The minimum absolute atomic E-state index is 0.155. The van der Waals surface area contributed by atoms with Crippen LogP contribution in [0.2, 0.25) is 0 Å². The Kier molecular flexibility index (Phi) is 8.49. The van der Waals surface area contributed by atoms with Crippen LogP contribution in [0.4, 0.5) is 0 Å². The molecule has 0 aliphatic carbocycles. The van der Waals surface area contributed by atoms with Crippen LogP contribution in [0.1, 0.15) is 47.8 Å². The molecule has 0 saturated carbocycles. The molecule has 0 saturated heterocycles. The van der Waals surface area contributed by atoms with Gasteiger partial charge < -0.3 is 10.1 Å². The maximum absolute atomic E-state index is 12.3.